The zero-order valence-corrected chi connectivity index (χ0v) is 48.1. The van der Waals surface area contributed by atoms with Crippen LogP contribution in [0.25, 0.3) is 0 Å². The minimum atomic E-state index is -1.17. The van der Waals surface area contributed by atoms with Gasteiger partial charge in [0.2, 0.25) is 24.6 Å². The lowest BCUT2D eigenvalue weighted by molar-refractivity contribution is -0.180. The summed E-state index contributed by atoms with van der Waals surface area (Å²) in [6.07, 6.45) is 2.82. The van der Waals surface area contributed by atoms with Crippen molar-refractivity contribution >= 4 is 76.5 Å². The number of rotatable bonds is 12. The predicted octanol–water partition coefficient (Wildman–Crippen LogP) is 6.87. The first kappa shape index (κ1) is 60.9. The number of fused-ring (bicyclic) bond motifs is 4. The highest BCUT2D eigenvalue weighted by molar-refractivity contribution is 14.1. The highest BCUT2D eigenvalue weighted by Gasteiger charge is 2.65. The fourth-order valence-corrected chi connectivity index (χ4v) is 11.1. The summed E-state index contributed by atoms with van der Waals surface area (Å²) < 4.78 is 57.3. The van der Waals surface area contributed by atoms with Crippen LogP contribution in [-0.2, 0) is 90.5 Å². The average molecular weight is 1190 g/mol. The Bertz CT molecular complexity index is 2200. The van der Waals surface area contributed by atoms with Crippen LogP contribution in [0.15, 0.2) is 0 Å². The molecule has 22 heteroatoms. The summed E-state index contributed by atoms with van der Waals surface area (Å²) in [5, 5.41) is 9.47. The number of aliphatic hydroxyl groups is 1. The van der Waals surface area contributed by atoms with Crippen LogP contribution in [0, 0.1) is 39.4 Å². The zero-order chi connectivity index (χ0) is 56.5. The number of ether oxygens (including phenoxy) is 11. The number of alkyl halides is 1. The van der Waals surface area contributed by atoms with Gasteiger partial charge in [-0.25, -0.2) is 19.2 Å². The first-order valence-electron chi connectivity index (χ1n) is 26.9. The molecule has 21 nitrogen and oxygen atoms in total. The van der Waals surface area contributed by atoms with E-state index in [2.05, 4.69) is 22.6 Å². The molecule has 3 aliphatic carbocycles. The summed E-state index contributed by atoms with van der Waals surface area (Å²) in [5.74, 6) is -2.54. The standard InChI is InChI=1S/C18H26O6.C13H16O8.C12H20O3.C11H17IO4/c1-4-18(2,3)17(21)22-9-14(19)24-15-11-5-10-6-12(8-11)16(20)23-13(15)7-10;1-4-13(2,3)11(15)19-7-5-6(17-9(7)14)8-10(18-5)21-12(16)20-8;1-3-11(2)8-12(15-10(11)14)6-4-9(13)5-7-12;1-5-11(3,4)10(14)16-8-7(12)6(2)15-9(8)13/h10-13,15H,4-9H2,1-3H3;5-8,10H,4H2,1-3H3;9,13H,3-8H2,1-2H3;6-8H,5H2,1-4H3. The minimum absolute atomic E-state index is 0.0404. The second-order valence-electron chi connectivity index (χ2n) is 23.9. The van der Waals surface area contributed by atoms with Crippen molar-refractivity contribution in [3.63, 3.8) is 0 Å². The van der Waals surface area contributed by atoms with Crippen LogP contribution >= 0.6 is 22.6 Å². The highest BCUT2D eigenvalue weighted by atomic mass is 127. The van der Waals surface area contributed by atoms with E-state index in [9.17, 15) is 48.3 Å². The molecule has 14 unspecified atom stereocenters. The largest absolute Gasteiger partial charge is 0.511 e. The lowest BCUT2D eigenvalue weighted by Gasteiger charge is -2.41. The molecule has 7 aliphatic heterocycles. The smallest absolute Gasteiger partial charge is 0.459 e. The van der Waals surface area contributed by atoms with Crippen LogP contribution < -0.4 is 0 Å². The average Bonchev–Trinajstić information content (AvgIpc) is 4.09. The molecule has 76 heavy (non-hydrogen) atoms. The molecule has 0 amide bonds. The van der Waals surface area contributed by atoms with Gasteiger partial charge in [-0.1, -0.05) is 50.3 Å². The minimum Gasteiger partial charge on any atom is -0.459 e. The van der Waals surface area contributed by atoms with Gasteiger partial charge in [-0.15, -0.1) is 0 Å². The maximum Gasteiger partial charge on any atom is 0.511 e. The van der Waals surface area contributed by atoms with Crippen molar-refractivity contribution in [2.24, 2.45) is 39.4 Å². The summed E-state index contributed by atoms with van der Waals surface area (Å²) in [4.78, 5) is 106. The Morgan fingerprint density at radius 1 is 0.684 bits per heavy atom. The number of carbonyl (C=O) groups is 9. The molecule has 3 saturated carbocycles. The molecule has 1 spiro atoms. The zero-order valence-electron chi connectivity index (χ0n) is 46.0. The first-order chi connectivity index (χ1) is 35.4. The Kier molecular flexibility index (Phi) is 19.2. The van der Waals surface area contributed by atoms with Crippen LogP contribution in [0.1, 0.15) is 167 Å². The van der Waals surface area contributed by atoms with Crippen molar-refractivity contribution in [3.05, 3.63) is 0 Å². The molecular weight excluding hydrogens is 1110 g/mol. The summed E-state index contributed by atoms with van der Waals surface area (Å²) in [5.41, 5.74) is -2.42. The lowest BCUT2D eigenvalue weighted by atomic mass is 9.67. The van der Waals surface area contributed by atoms with Crippen molar-refractivity contribution in [3.8, 4) is 0 Å². The van der Waals surface area contributed by atoms with Crippen LogP contribution in [0.3, 0.4) is 0 Å². The van der Waals surface area contributed by atoms with Gasteiger partial charge in [-0.3, -0.25) is 24.0 Å². The van der Waals surface area contributed by atoms with Gasteiger partial charge in [-0.2, -0.15) is 0 Å². The topological polar surface area (TPSA) is 275 Å². The Morgan fingerprint density at radius 2 is 1.26 bits per heavy atom. The summed E-state index contributed by atoms with van der Waals surface area (Å²) >= 11 is 2.09. The third-order valence-corrected chi connectivity index (χ3v) is 18.7. The van der Waals surface area contributed by atoms with Crippen molar-refractivity contribution in [2.45, 2.75) is 237 Å². The summed E-state index contributed by atoms with van der Waals surface area (Å²) in [7, 11) is 0. The Morgan fingerprint density at radius 3 is 1.82 bits per heavy atom. The molecule has 0 aromatic carbocycles. The molecule has 10 rings (SSSR count). The number of hydrogen-bond acceptors (Lipinski definition) is 21. The predicted molar refractivity (Wildman–Crippen MR) is 271 cm³/mol. The molecule has 10 fully saturated rings. The van der Waals surface area contributed by atoms with Crippen LogP contribution in [0.4, 0.5) is 4.79 Å². The molecule has 428 valence electrons. The van der Waals surface area contributed by atoms with E-state index in [0.29, 0.717) is 25.2 Å². The van der Waals surface area contributed by atoms with Gasteiger partial charge in [0.05, 0.1) is 37.6 Å². The fraction of sp³-hybridized carbons (Fsp3) is 0.833. The quantitative estimate of drug-likeness (QED) is 0.0903. The van der Waals surface area contributed by atoms with Crippen molar-refractivity contribution in [1.82, 2.24) is 0 Å². The SMILES string of the molecule is CCC(C)(C)C(=O)OC1C(=O)OC(C)C1I.CCC(C)(C)C(=O)OC1C(=O)OC2C3OC(=O)OC3OC12.CCC(C)(C)C(=O)OCC(=O)OC1C2CC3CC(C2)C(=O)OC1C3.CCC1(C)CC2(CCC(O)CC2)OC1=O. The molecule has 4 bridgehead atoms. The van der Waals surface area contributed by atoms with E-state index in [1.54, 1.807) is 48.5 Å². The molecule has 0 aromatic heterocycles. The maximum absolute atomic E-state index is 12.1. The lowest BCUT2D eigenvalue weighted by Crippen LogP contribution is -2.45. The fourth-order valence-electron chi connectivity index (χ4n) is 10.5. The van der Waals surface area contributed by atoms with Crippen LogP contribution in [-0.4, -0.2) is 136 Å². The number of halogens is 1. The molecular formula is C54H79IO21. The second kappa shape index (κ2) is 24.0. The van der Waals surface area contributed by atoms with Crippen molar-refractivity contribution in [2.75, 3.05) is 6.61 Å². The molecule has 1 N–H and O–H groups in total. The van der Waals surface area contributed by atoms with E-state index >= 15 is 0 Å². The third kappa shape index (κ3) is 13.6. The molecule has 7 saturated heterocycles. The summed E-state index contributed by atoms with van der Waals surface area (Å²) in [6, 6.07) is 0. The maximum atomic E-state index is 12.1. The Balaban J connectivity index is 0.000000167. The number of esters is 8. The van der Waals surface area contributed by atoms with Crippen LogP contribution in [0.2, 0.25) is 0 Å². The van der Waals surface area contributed by atoms with E-state index in [4.69, 9.17) is 52.1 Å². The molecule has 0 aromatic rings. The van der Waals surface area contributed by atoms with Gasteiger partial charge in [-0.05, 0) is 138 Å². The number of hydrogen-bond donors (Lipinski definition) is 1. The van der Waals surface area contributed by atoms with E-state index in [-0.39, 0.29) is 69.6 Å². The molecule has 7 heterocycles. The Hall–Kier alpha value is -4.32. The molecule has 10 aliphatic rings. The monoisotopic (exact) mass is 1190 g/mol. The highest BCUT2D eigenvalue weighted by Crippen LogP contribution is 2.50. The first-order valence-corrected chi connectivity index (χ1v) is 28.2. The molecule has 14 atom stereocenters. The second-order valence-corrected chi connectivity index (χ2v) is 25.4. The Labute approximate surface area is 458 Å². The van der Waals surface area contributed by atoms with Crippen molar-refractivity contribution in [1.29, 1.82) is 0 Å². The number of carbonyl (C=O) groups excluding carboxylic acids is 9. The number of aliphatic hydroxyl groups excluding tert-OH is 1. The van der Waals surface area contributed by atoms with Gasteiger partial charge in [0.25, 0.3) is 0 Å². The van der Waals surface area contributed by atoms with Gasteiger partial charge in [0, 0.05) is 12.3 Å². The van der Waals surface area contributed by atoms with E-state index in [0.717, 1.165) is 64.2 Å². The van der Waals surface area contributed by atoms with Gasteiger partial charge >= 0.3 is 53.9 Å². The van der Waals surface area contributed by atoms with E-state index in [1.165, 1.54) is 0 Å². The van der Waals surface area contributed by atoms with Gasteiger partial charge in [0.1, 0.15) is 23.9 Å². The number of cyclic esters (lactones) is 1. The third-order valence-electron chi connectivity index (χ3n) is 17.1. The van der Waals surface area contributed by atoms with E-state index in [1.807, 2.05) is 34.6 Å². The normalized spacial score (nSPS) is 36.6. The summed E-state index contributed by atoms with van der Waals surface area (Å²) in [6.45, 7) is 21.7. The van der Waals surface area contributed by atoms with Gasteiger partial charge < -0.3 is 57.2 Å². The van der Waals surface area contributed by atoms with Crippen molar-refractivity contribution < 1.29 is 100 Å². The van der Waals surface area contributed by atoms with E-state index < -0.39 is 95.2 Å². The molecule has 0 radical (unpaired) electrons. The van der Waals surface area contributed by atoms with Crippen LogP contribution in [0.5, 0.6) is 0 Å². The van der Waals surface area contributed by atoms with Gasteiger partial charge in [0.15, 0.2) is 18.8 Å².